The van der Waals surface area contributed by atoms with Crippen molar-refractivity contribution in [3.05, 3.63) is 54.1 Å². The van der Waals surface area contributed by atoms with Crippen molar-refractivity contribution in [1.82, 2.24) is 5.53 Å². The Morgan fingerprint density at radius 2 is 1.70 bits per heavy atom. The molecule has 0 atom stereocenters. The van der Waals surface area contributed by atoms with Crippen LogP contribution in [0.15, 0.2) is 42.5 Å². The van der Waals surface area contributed by atoms with E-state index in [1.165, 1.54) is 31.4 Å². The molecule has 0 saturated carbocycles. The van der Waals surface area contributed by atoms with Gasteiger partial charge in [-0.3, -0.25) is 10.0 Å². The molecule has 3 nitrogen and oxygen atoms in total. The number of unbranched alkanes of at least 4 members (excludes halogenated alkanes) is 3. The van der Waals surface area contributed by atoms with Gasteiger partial charge in [0.15, 0.2) is 5.82 Å². The predicted molar refractivity (Wildman–Crippen MR) is 89.6 cm³/mol. The zero-order valence-electron chi connectivity index (χ0n) is 13.2. The van der Waals surface area contributed by atoms with Gasteiger partial charge >= 0.3 is 0 Å². The summed E-state index contributed by atoms with van der Waals surface area (Å²) >= 11 is 0. The molecule has 5 heteroatoms. The summed E-state index contributed by atoms with van der Waals surface area (Å²) in [6, 6.07) is 11.4. The molecule has 3 rings (SSSR count). The van der Waals surface area contributed by atoms with Crippen molar-refractivity contribution in [2.45, 2.75) is 32.6 Å². The molecule has 1 aliphatic heterocycles. The first-order valence-electron chi connectivity index (χ1n) is 8.08. The van der Waals surface area contributed by atoms with Gasteiger partial charge in [-0.25, -0.2) is 8.78 Å². The van der Waals surface area contributed by atoms with Crippen molar-refractivity contribution in [3.63, 3.8) is 0 Å². The molecule has 0 fully saturated rings. The third kappa shape index (κ3) is 3.29. The van der Waals surface area contributed by atoms with Crippen LogP contribution in [-0.4, -0.2) is 6.54 Å². The molecule has 0 spiro atoms. The number of hydrazine groups is 2. The average Bonchev–Trinajstić information content (AvgIpc) is 2.91. The normalized spacial score (nSPS) is 13.5. The summed E-state index contributed by atoms with van der Waals surface area (Å²) in [7, 11) is 0. The first-order valence-corrected chi connectivity index (χ1v) is 8.08. The smallest absolute Gasteiger partial charge is 0.151 e. The second-order valence-corrected chi connectivity index (χ2v) is 5.73. The summed E-state index contributed by atoms with van der Waals surface area (Å²) in [6.07, 6.45) is 4.64. The van der Waals surface area contributed by atoms with E-state index in [9.17, 15) is 8.78 Å². The lowest BCUT2D eigenvalue weighted by Gasteiger charge is -2.23. The molecule has 1 N–H and O–H groups in total. The third-order valence-corrected chi connectivity index (χ3v) is 4.02. The molecule has 23 heavy (non-hydrogen) atoms. The fourth-order valence-corrected chi connectivity index (χ4v) is 2.82. The minimum atomic E-state index is -0.583. The molecule has 2 aromatic rings. The summed E-state index contributed by atoms with van der Waals surface area (Å²) in [4.78, 5) is 0. The highest BCUT2D eigenvalue weighted by Crippen LogP contribution is 2.38. The third-order valence-electron chi connectivity index (χ3n) is 4.02. The van der Waals surface area contributed by atoms with Crippen LogP contribution < -0.4 is 15.6 Å². The van der Waals surface area contributed by atoms with E-state index in [2.05, 4.69) is 12.5 Å². The van der Waals surface area contributed by atoms with E-state index < -0.39 is 11.6 Å². The lowest BCUT2D eigenvalue weighted by Crippen LogP contribution is -2.42. The molecular formula is C18H21F2N3. The second-order valence-electron chi connectivity index (χ2n) is 5.73. The number of hydrogen-bond acceptors (Lipinski definition) is 3. The van der Waals surface area contributed by atoms with Crippen molar-refractivity contribution in [1.29, 1.82) is 0 Å². The summed E-state index contributed by atoms with van der Waals surface area (Å²) in [5.74, 6) is -1.16. The summed E-state index contributed by atoms with van der Waals surface area (Å²) < 4.78 is 27.3. The zero-order valence-corrected chi connectivity index (χ0v) is 13.2. The molecule has 0 unspecified atom stereocenters. The number of para-hydroxylation sites is 2. The van der Waals surface area contributed by atoms with Crippen molar-refractivity contribution in [2.75, 3.05) is 16.6 Å². The molecule has 1 aliphatic rings. The van der Waals surface area contributed by atoms with Gasteiger partial charge in [0.2, 0.25) is 0 Å². The lowest BCUT2D eigenvalue weighted by molar-refractivity contribution is 0.569. The van der Waals surface area contributed by atoms with Crippen molar-refractivity contribution in [2.24, 2.45) is 0 Å². The van der Waals surface area contributed by atoms with E-state index >= 15 is 0 Å². The molecule has 1 heterocycles. The highest BCUT2D eigenvalue weighted by atomic mass is 19.1. The predicted octanol–water partition coefficient (Wildman–Crippen LogP) is 4.92. The van der Waals surface area contributed by atoms with E-state index in [1.54, 1.807) is 5.01 Å². The Morgan fingerprint density at radius 3 is 2.43 bits per heavy atom. The molecule has 0 amide bonds. The van der Waals surface area contributed by atoms with Crippen LogP contribution in [0.4, 0.5) is 25.8 Å². The zero-order chi connectivity index (χ0) is 16.2. The highest BCUT2D eigenvalue weighted by molar-refractivity contribution is 5.80. The maximum absolute atomic E-state index is 14.1. The largest absolute Gasteiger partial charge is 0.288 e. The fraction of sp³-hybridized carbons (Fsp3) is 0.333. The fourth-order valence-electron chi connectivity index (χ4n) is 2.82. The Kier molecular flexibility index (Phi) is 4.76. The van der Waals surface area contributed by atoms with Gasteiger partial charge in [0.25, 0.3) is 0 Å². The first-order chi connectivity index (χ1) is 11.2. The first kappa shape index (κ1) is 15.7. The number of nitrogens with zero attached hydrogens (tertiary/aromatic N) is 2. The van der Waals surface area contributed by atoms with Gasteiger partial charge in [-0.05, 0) is 30.7 Å². The van der Waals surface area contributed by atoms with Crippen LogP contribution in [-0.2, 0) is 0 Å². The second kappa shape index (κ2) is 6.96. The van der Waals surface area contributed by atoms with E-state index in [1.807, 2.05) is 29.3 Å². The van der Waals surface area contributed by atoms with Crippen LogP contribution in [0.1, 0.15) is 32.6 Å². The Balaban J connectivity index is 1.83. The Hall–Kier alpha value is -2.14. The standard InChI is InChI=1S/C18H21F2N3/c1-2-3-4-7-12-22-17-8-5-6-9-18(17)23(21-22)16-11-10-14(19)13-15(16)20/h5-6,8-11,13,21H,2-4,7,12H2,1H3. The molecule has 0 radical (unpaired) electrons. The number of hydrogen-bond donors (Lipinski definition) is 1. The molecule has 122 valence electrons. The number of fused-ring (bicyclic) bond motifs is 1. The molecular weight excluding hydrogens is 296 g/mol. The van der Waals surface area contributed by atoms with Gasteiger partial charge in [-0.2, -0.15) is 0 Å². The molecule has 0 bridgehead atoms. The van der Waals surface area contributed by atoms with Gasteiger partial charge in [0.05, 0.1) is 17.1 Å². The maximum atomic E-state index is 14.1. The Morgan fingerprint density at radius 1 is 0.913 bits per heavy atom. The van der Waals surface area contributed by atoms with Crippen molar-refractivity contribution in [3.8, 4) is 0 Å². The SMILES string of the molecule is CCCCCCN1NN(c2ccc(F)cc2F)c2ccccc21. The summed E-state index contributed by atoms with van der Waals surface area (Å²) in [6.45, 7) is 3.03. The topological polar surface area (TPSA) is 18.5 Å². The summed E-state index contributed by atoms with van der Waals surface area (Å²) in [5, 5.41) is 3.69. The monoisotopic (exact) mass is 317 g/mol. The molecule has 0 aromatic heterocycles. The number of anilines is 3. The molecule has 2 aromatic carbocycles. The van der Waals surface area contributed by atoms with Crippen LogP contribution in [0.2, 0.25) is 0 Å². The number of halogens is 2. The lowest BCUT2D eigenvalue weighted by atomic mass is 10.2. The highest BCUT2D eigenvalue weighted by Gasteiger charge is 2.27. The molecule has 0 saturated heterocycles. The van der Waals surface area contributed by atoms with Crippen LogP contribution >= 0.6 is 0 Å². The minimum absolute atomic E-state index is 0.315. The van der Waals surface area contributed by atoms with Gasteiger partial charge < -0.3 is 0 Å². The maximum Gasteiger partial charge on any atom is 0.151 e. The van der Waals surface area contributed by atoms with E-state index in [0.717, 1.165) is 30.4 Å². The number of rotatable bonds is 6. The van der Waals surface area contributed by atoms with E-state index in [0.29, 0.717) is 5.69 Å². The van der Waals surface area contributed by atoms with Crippen LogP contribution in [0.3, 0.4) is 0 Å². The van der Waals surface area contributed by atoms with Crippen molar-refractivity contribution >= 4 is 17.1 Å². The number of benzene rings is 2. The molecule has 0 aliphatic carbocycles. The van der Waals surface area contributed by atoms with Gasteiger partial charge in [0, 0.05) is 12.6 Å². The minimum Gasteiger partial charge on any atom is -0.288 e. The van der Waals surface area contributed by atoms with Crippen LogP contribution in [0, 0.1) is 11.6 Å². The van der Waals surface area contributed by atoms with Crippen LogP contribution in [0.25, 0.3) is 0 Å². The van der Waals surface area contributed by atoms with Crippen LogP contribution in [0.5, 0.6) is 0 Å². The van der Waals surface area contributed by atoms with Gasteiger partial charge in [-0.15, -0.1) is 5.53 Å². The quantitative estimate of drug-likeness (QED) is 0.763. The summed E-state index contributed by atoms with van der Waals surface area (Å²) in [5.41, 5.74) is 5.40. The van der Waals surface area contributed by atoms with E-state index in [4.69, 9.17) is 0 Å². The Bertz CT molecular complexity index is 675. The Labute approximate surface area is 135 Å². The average molecular weight is 317 g/mol. The van der Waals surface area contributed by atoms with Gasteiger partial charge in [0.1, 0.15) is 5.82 Å². The number of nitrogens with one attached hydrogen (secondary N) is 1. The van der Waals surface area contributed by atoms with Crippen molar-refractivity contribution < 1.29 is 8.78 Å². The van der Waals surface area contributed by atoms with Gasteiger partial charge in [-0.1, -0.05) is 38.3 Å². The van der Waals surface area contributed by atoms with E-state index in [-0.39, 0.29) is 0 Å².